The van der Waals surface area contributed by atoms with Gasteiger partial charge in [0.1, 0.15) is 11.3 Å². The molecule has 0 bridgehead atoms. The summed E-state index contributed by atoms with van der Waals surface area (Å²) in [5, 5.41) is 4.75. The van der Waals surface area contributed by atoms with Gasteiger partial charge in [0, 0.05) is 11.9 Å². The van der Waals surface area contributed by atoms with Crippen LogP contribution in [-0.2, 0) is 6.54 Å². The van der Waals surface area contributed by atoms with Crippen LogP contribution in [0, 0.1) is 5.41 Å². The van der Waals surface area contributed by atoms with Crippen LogP contribution >= 0.6 is 0 Å². The molecule has 0 atom stereocenters. The minimum Gasteiger partial charge on any atom is -0.460 e. The maximum atomic E-state index is 5.80. The van der Waals surface area contributed by atoms with Crippen LogP contribution in [0.15, 0.2) is 34.7 Å². The summed E-state index contributed by atoms with van der Waals surface area (Å²) < 4.78 is 5.80. The van der Waals surface area contributed by atoms with Crippen molar-refractivity contribution in [3.05, 3.63) is 36.1 Å². The van der Waals surface area contributed by atoms with Crippen molar-refractivity contribution in [3.63, 3.8) is 0 Å². The summed E-state index contributed by atoms with van der Waals surface area (Å²) in [6, 6.07) is 10.3. The van der Waals surface area contributed by atoms with Crippen LogP contribution in [-0.4, -0.2) is 6.54 Å². The van der Waals surface area contributed by atoms with E-state index in [0.717, 1.165) is 24.4 Å². The van der Waals surface area contributed by atoms with Crippen LogP contribution in [0.2, 0.25) is 0 Å². The maximum Gasteiger partial charge on any atom is 0.134 e. The van der Waals surface area contributed by atoms with Gasteiger partial charge >= 0.3 is 0 Å². The quantitative estimate of drug-likeness (QED) is 0.826. The summed E-state index contributed by atoms with van der Waals surface area (Å²) in [7, 11) is 0. The van der Waals surface area contributed by atoms with Crippen LogP contribution in [0.25, 0.3) is 11.0 Å². The molecule has 18 heavy (non-hydrogen) atoms. The van der Waals surface area contributed by atoms with Gasteiger partial charge in [-0.25, -0.2) is 0 Å². The minimum absolute atomic E-state index is 0.612. The van der Waals surface area contributed by atoms with Crippen LogP contribution in [0.5, 0.6) is 0 Å². The van der Waals surface area contributed by atoms with E-state index in [2.05, 4.69) is 30.4 Å². The molecule has 1 heterocycles. The fraction of sp³-hybridized carbons (Fsp3) is 0.500. The van der Waals surface area contributed by atoms with Crippen molar-refractivity contribution >= 4 is 11.0 Å². The topological polar surface area (TPSA) is 25.2 Å². The summed E-state index contributed by atoms with van der Waals surface area (Å²) in [6.07, 6.45) is 5.45. The van der Waals surface area contributed by atoms with Gasteiger partial charge in [0.25, 0.3) is 0 Å². The van der Waals surface area contributed by atoms with Gasteiger partial charge in [-0.1, -0.05) is 31.5 Å². The van der Waals surface area contributed by atoms with E-state index in [0.29, 0.717) is 5.41 Å². The number of para-hydroxylation sites is 1. The third kappa shape index (κ3) is 2.44. The van der Waals surface area contributed by atoms with E-state index in [1.54, 1.807) is 0 Å². The van der Waals surface area contributed by atoms with Crippen molar-refractivity contribution in [1.82, 2.24) is 5.32 Å². The first-order valence-electron chi connectivity index (χ1n) is 6.99. The molecule has 1 saturated carbocycles. The van der Waals surface area contributed by atoms with Gasteiger partial charge in [0.15, 0.2) is 0 Å². The Labute approximate surface area is 108 Å². The fourth-order valence-corrected chi connectivity index (χ4v) is 2.80. The average molecular weight is 243 g/mol. The molecule has 0 radical (unpaired) electrons. The van der Waals surface area contributed by atoms with Crippen LogP contribution in [0.4, 0.5) is 0 Å². The molecule has 0 unspecified atom stereocenters. The lowest BCUT2D eigenvalue weighted by Crippen LogP contribution is -2.23. The molecule has 0 amide bonds. The van der Waals surface area contributed by atoms with Gasteiger partial charge in [-0.2, -0.15) is 0 Å². The summed E-state index contributed by atoms with van der Waals surface area (Å²) in [5.41, 5.74) is 1.60. The van der Waals surface area contributed by atoms with Crippen molar-refractivity contribution in [3.8, 4) is 0 Å². The smallest absolute Gasteiger partial charge is 0.134 e. The predicted octanol–water partition coefficient (Wildman–Crippen LogP) is 4.10. The lowest BCUT2D eigenvalue weighted by molar-refractivity contribution is 0.406. The van der Waals surface area contributed by atoms with Gasteiger partial charge in [-0.3, -0.25) is 0 Å². The van der Waals surface area contributed by atoms with E-state index in [1.807, 2.05) is 12.1 Å². The number of nitrogens with one attached hydrogen (secondary N) is 1. The third-order valence-corrected chi connectivity index (χ3v) is 4.01. The Morgan fingerprint density at radius 3 is 2.83 bits per heavy atom. The molecular weight excluding hydrogens is 222 g/mol. The lowest BCUT2D eigenvalue weighted by Gasteiger charge is -2.13. The number of hydrogen-bond donors (Lipinski definition) is 1. The Balaban J connectivity index is 1.57. The Bertz CT molecular complexity index is 492. The van der Waals surface area contributed by atoms with E-state index in [1.165, 1.54) is 31.1 Å². The molecule has 2 nitrogen and oxygen atoms in total. The van der Waals surface area contributed by atoms with Gasteiger partial charge < -0.3 is 9.73 Å². The Morgan fingerprint density at radius 1 is 1.28 bits per heavy atom. The first kappa shape index (κ1) is 11.8. The number of furan rings is 1. The number of fused-ring (bicyclic) bond motifs is 1. The molecule has 1 aliphatic rings. The zero-order chi connectivity index (χ0) is 12.4. The molecule has 3 rings (SSSR count). The van der Waals surface area contributed by atoms with Crippen LogP contribution in [0.1, 0.15) is 38.4 Å². The monoisotopic (exact) mass is 243 g/mol. The highest BCUT2D eigenvalue weighted by Crippen LogP contribution is 2.48. The van der Waals surface area contributed by atoms with Crippen LogP contribution < -0.4 is 5.32 Å². The van der Waals surface area contributed by atoms with Gasteiger partial charge in [-0.15, -0.1) is 0 Å². The first-order valence-corrected chi connectivity index (χ1v) is 6.99. The lowest BCUT2D eigenvalue weighted by atomic mass is 10.0. The highest BCUT2D eigenvalue weighted by molar-refractivity contribution is 5.77. The second-order valence-corrected chi connectivity index (χ2v) is 5.60. The SMILES string of the molecule is CCCC1(CNCc2cc3ccccc3o2)CC1. The summed E-state index contributed by atoms with van der Waals surface area (Å²) in [4.78, 5) is 0. The zero-order valence-electron chi connectivity index (χ0n) is 11.0. The van der Waals surface area contributed by atoms with Gasteiger partial charge in [0.05, 0.1) is 6.54 Å². The van der Waals surface area contributed by atoms with E-state index < -0.39 is 0 Å². The average Bonchev–Trinajstić information content (AvgIpc) is 3.01. The molecule has 2 aromatic rings. The normalized spacial score (nSPS) is 17.2. The second kappa shape index (κ2) is 4.77. The summed E-state index contributed by atoms with van der Waals surface area (Å²) in [6.45, 7) is 4.26. The van der Waals surface area contributed by atoms with Crippen molar-refractivity contribution in [2.24, 2.45) is 5.41 Å². The second-order valence-electron chi connectivity index (χ2n) is 5.60. The standard InChI is InChI=1S/C16H21NO/c1-2-7-16(8-9-16)12-17-11-14-10-13-5-3-4-6-15(13)18-14/h3-6,10,17H,2,7-9,11-12H2,1H3. The molecule has 96 valence electrons. The Kier molecular flexibility index (Phi) is 3.13. The molecule has 1 aromatic carbocycles. The van der Waals surface area contributed by atoms with Crippen molar-refractivity contribution < 1.29 is 4.42 Å². The molecule has 0 aliphatic heterocycles. The maximum absolute atomic E-state index is 5.80. The molecule has 0 spiro atoms. The van der Waals surface area contributed by atoms with Crippen molar-refractivity contribution in [2.45, 2.75) is 39.2 Å². The Hall–Kier alpha value is -1.28. The van der Waals surface area contributed by atoms with Crippen molar-refractivity contribution in [1.29, 1.82) is 0 Å². The minimum atomic E-state index is 0.612. The molecule has 0 saturated heterocycles. The van der Waals surface area contributed by atoms with E-state index >= 15 is 0 Å². The van der Waals surface area contributed by atoms with E-state index in [-0.39, 0.29) is 0 Å². The van der Waals surface area contributed by atoms with Gasteiger partial charge in [-0.05, 0) is 36.8 Å². The Morgan fingerprint density at radius 2 is 2.11 bits per heavy atom. The number of benzene rings is 1. The number of rotatable bonds is 6. The highest BCUT2D eigenvalue weighted by atomic mass is 16.3. The largest absolute Gasteiger partial charge is 0.460 e. The van der Waals surface area contributed by atoms with E-state index in [9.17, 15) is 0 Å². The molecule has 1 aliphatic carbocycles. The van der Waals surface area contributed by atoms with Crippen molar-refractivity contribution in [2.75, 3.05) is 6.54 Å². The summed E-state index contributed by atoms with van der Waals surface area (Å²) in [5.74, 6) is 1.04. The molecule has 2 heteroatoms. The molecular formula is C16H21NO. The van der Waals surface area contributed by atoms with E-state index in [4.69, 9.17) is 4.42 Å². The molecule has 1 fully saturated rings. The third-order valence-electron chi connectivity index (χ3n) is 4.01. The zero-order valence-corrected chi connectivity index (χ0v) is 11.0. The predicted molar refractivity (Wildman–Crippen MR) is 74.5 cm³/mol. The number of hydrogen-bond acceptors (Lipinski definition) is 2. The first-order chi connectivity index (χ1) is 8.81. The molecule has 1 N–H and O–H groups in total. The summed E-state index contributed by atoms with van der Waals surface area (Å²) >= 11 is 0. The fourth-order valence-electron chi connectivity index (χ4n) is 2.80. The van der Waals surface area contributed by atoms with Crippen LogP contribution in [0.3, 0.4) is 0 Å². The highest BCUT2D eigenvalue weighted by Gasteiger charge is 2.40. The van der Waals surface area contributed by atoms with Gasteiger partial charge in [0.2, 0.25) is 0 Å². The molecule has 1 aromatic heterocycles.